The predicted molar refractivity (Wildman–Crippen MR) is 94.0 cm³/mol. The molecule has 5 nitrogen and oxygen atoms in total. The second kappa shape index (κ2) is 7.02. The number of aromatic nitrogens is 3. The molecule has 1 aromatic carbocycles. The van der Waals surface area contributed by atoms with Gasteiger partial charge in [-0.1, -0.05) is 6.07 Å². The molecule has 0 fully saturated rings. The highest BCUT2D eigenvalue weighted by Crippen LogP contribution is 2.21. The van der Waals surface area contributed by atoms with E-state index in [2.05, 4.69) is 21.0 Å². The summed E-state index contributed by atoms with van der Waals surface area (Å²) in [5.74, 6) is 0.143. The molecule has 23 heavy (non-hydrogen) atoms. The molecule has 0 bridgehead atoms. The molecule has 3 aromatic rings. The van der Waals surface area contributed by atoms with Gasteiger partial charge in [-0.3, -0.25) is 10.4 Å². The number of nitrogens with one attached hydrogen (secondary N) is 1. The fraction of sp³-hybridized carbons (Fsp3) is 0.0588. The van der Waals surface area contributed by atoms with Gasteiger partial charge in [-0.05, 0) is 42.2 Å². The van der Waals surface area contributed by atoms with Crippen LogP contribution in [0.5, 0.6) is 0 Å². The van der Waals surface area contributed by atoms with Crippen molar-refractivity contribution in [2.45, 2.75) is 4.90 Å². The largest absolute Gasteiger partial charge is 0.306 e. The first-order valence-electron chi connectivity index (χ1n) is 6.98. The Morgan fingerprint density at radius 3 is 2.87 bits per heavy atom. The average molecular weight is 321 g/mol. The van der Waals surface area contributed by atoms with E-state index in [4.69, 9.17) is 5.41 Å². The lowest BCUT2D eigenvalue weighted by Crippen LogP contribution is -1.99. The average Bonchev–Trinajstić information content (AvgIpc) is 3.15. The first-order valence-corrected chi connectivity index (χ1v) is 8.20. The summed E-state index contributed by atoms with van der Waals surface area (Å²) in [7, 11) is 0. The Hall–Kier alpha value is -2.73. The summed E-state index contributed by atoms with van der Waals surface area (Å²) in [6.07, 6.45) is 10.8. The number of rotatable bonds is 4. The number of hydrogen-bond acceptors (Lipinski definition) is 4. The fourth-order valence-corrected chi connectivity index (χ4v) is 2.56. The Kier molecular flexibility index (Phi) is 4.63. The van der Waals surface area contributed by atoms with Gasteiger partial charge in [0.2, 0.25) is 0 Å². The van der Waals surface area contributed by atoms with Crippen LogP contribution in [0.15, 0.2) is 71.2 Å². The number of hydrogen-bond donors (Lipinski definition) is 1. The smallest absolute Gasteiger partial charge is 0.170 e. The van der Waals surface area contributed by atoms with Crippen molar-refractivity contribution < 1.29 is 0 Å². The quantitative estimate of drug-likeness (QED) is 0.455. The van der Waals surface area contributed by atoms with Gasteiger partial charge in [0.05, 0.1) is 6.33 Å². The van der Waals surface area contributed by atoms with Crippen molar-refractivity contribution in [3.63, 3.8) is 0 Å². The second-order valence-electron chi connectivity index (χ2n) is 4.76. The zero-order valence-electron chi connectivity index (χ0n) is 12.5. The van der Waals surface area contributed by atoms with E-state index in [0.29, 0.717) is 5.69 Å². The van der Waals surface area contributed by atoms with Crippen molar-refractivity contribution in [1.82, 2.24) is 14.5 Å². The van der Waals surface area contributed by atoms with Gasteiger partial charge in [0, 0.05) is 35.4 Å². The molecular formula is C17H15N5S. The Morgan fingerprint density at radius 2 is 2.17 bits per heavy atom. The fourth-order valence-electron chi connectivity index (χ4n) is 2.07. The zero-order chi connectivity index (χ0) is 16.1. The molecule has 0 amide bonds. The normalized spacial score (nSPS) is 11.0. The molecule has 1 N–H and O–H groups in total. The molecule has 0 aliphatic heterocycles. The van der Waals surface area contributed by atoms with Crippen LogP contribution in [0.2, 0.25) is 0 Å². The third-order valence-corrected chi connectivity index (χ3v) is 3.91. The van der Waals surface area contributed by atoms with E-state index < -0.39 is 0 Å². The van der Waals surface area contributed by atoms with E-state index in [0.717, 1.165) is 16.1 Å². The number of pyridine rings is 1. The van der Waals surface area contributed by atoms with Gasteiger partial charge in [-0.15, -0.1) is 11.8 Å². The van der Waals surface area contributed by atoms with Crippen molar-refractivity contribution in [1.29, 1.82) is 5.41 Å². The summed E-state index contributed by atoms with van der Waals surface area (Å²) in [6.45, 7) is 0. The topological polar surface area (TPSA) is 66.9 Å². The molecule has 0 spiro atoms. The van der Waals surface area contributed by atoms with Crippen molar-refractivity contribution in [3.05, 3.63) is 72.6 Å². The van der Waals surface area contributed by atoms with Crippen molar-refractivity contribution in [3.8, 4) is 5.69 Å². The number of imidazole rings is 1. The summed E-state index contributed by atoms with van der Waals surface area (Å²) in [4.78, 5) is 13.6. The maximum Gasteiger partial charge on any atom is 0.170 e. The third kappa shape index (κ3) is 3.73. The number of thioether (sulfide) groups is 1. The molecule has 2 heterocycles. The van der Waals surface area contributed by atoms with E-state index in [9.17, 15) is 0 Å². The van der Waals surface area contributed by atoms with E-state index in [1.165, 1.54) is 0 Å². The van der Waals surface area contributed by atoms with Crippen molar-refractivity contribution in [2.24, 2.45) is 4.99 Å². The Balaban J connectivity index is 1.89. The molecule has 0 aliphatic carbocycles. The highest BCUT2D eigenvalue weighted by atomic mass is 32.2. The minimum atomic E-state index is 0.143. The second-order valence-corrected chi connectivity index (χ2v) is 5.64. The van der Waals surface area contributed by atoms with Gasteiger partial charge in [-0.2, -0.15) is 0 Å². The summed E-state index contributed by atoms with van der Waals surface area (Å²) in [5.41, 5.74) is 2.50. The highest BCUT2D eigenvalue weighted by molar-refractivity contribution is 7.98. The van der Waals surface area contributed by atoms with Gasteiger partial charge in [-0.25, -0.2) is 9.98 Å². The summed E-state index contributed by atoms with van der Waals surface area (Å²) in [5, 5.41) is 7.99. The monoisotopic (exact) mass is 321 g/mol. The van der Waals surface area contributed by atoms with Gasteiger partial charge in [0.1, 0.15) is 5.69 Å². The number of aliphatic imine (C=N–C) groups is 1. The molecule has 0 saturated heterocycles. The lowest BCUT2D eigenvalue weighted by atomic mass is 10.2. The third-order valence-electron chi connectivity index (χ3n) is 3.20. The molecule has 0 radical (unpaired) electrons. The van der Waals surface area contributed by atoms with Crippen LogP contribution in [0.1, 0.15) is 11.3 Å². The highest BCUT2D eigenvalue weighted by Gasteiger charge is 2.03. The van der Waals surface area contributed by atoms with Crippen LogP contribution in [0, 0.1) is 5.41 Å². The van der Waals surface area contributed by atoms with Crippen LogP contribution >= 0.6 is 11.8 Å². The lowest BCUT2D eigenvalue weighted by molar-refractivity contribution is 1.05. The van der Waals surface area contributed by atoms with E-state index in [-0.39, 0.29) is 5.84 Å². The molecule has 3 rings (SSSR count). The predicted octanol–water partition coefficient (Wildman–Crippen LogP) is 3.43. The van der Waals surface area contributed by atoms with Crippen LogP contribution in [-0.2, 0) is 0 Å². The molecule has 0 saturated carbocycles. The number of amidine groups is 1. The van der Waals surface area contributed by atoms with Gasteiger partial charge < -0.3 is 4.57 Å². The summed E-state index contributed by atoms with van der Waals surface area (Å²) in [6, 6.07) is 11.6. The van der Waals surface area contributed by atoms with Crippen molar-refractivity contribution >= 4 is 23.8 Å². The first kappa shape index (κ1) is 15.2. The summed E-state index contributed by atoms with van der Waals surface area (Å²) >= 11 is 1.66. The standard InChI is InChI=1S/C17H15N5S/c1-23-15-9-13(8-14(10-15)22-7-6-19-12-22)11-21-17(18)16-4-2-3-5-20-16/h2-12,18H,1H3. The van der Waals surface area contributed by atoms with E-state index >= 15 is 0 Å². The van der Waals surface area contributed by atoms with Crippen LogP contribution in [0.25, 0.3) is 5.69 Å². The van der Waals surface area contributed by atoms with Crippen LogP contribution < -0.4 is 0 Å². The molecule has 6 heteroatoms. The number of nitrogens with zero attached hydrogens (tertiary/aromatic N) is 4. The minimum absolute atomic E-state index is 0.143. The Labute approximate surface area is 138 Å². The van der Waals surface area contributed by atoms with E-state index in [1.54, 1.807) is 42.8 Å². The maximum atomic E-state index is 7.99. The Bertz CT molecular complexity index is 825. The molecular weight excluding hydrogens is 306 g/mol. The molecule has 0 aliphatic rings. The van der Waals surface area contributed by atoms with Crippen molar-refractivity contribution in [2.75, 3.05) is 6.26 Å². The minimum Gasteiger partial charge on any atom is -0.306 e. The molecule has 114 valence electrons. The van der Waals surface area contributed by atoms with E-state index in [1.807, 2.05) is 41.3 Å². The Morgan fingerprint density at radius 1 is 1.26 bits per heavy atom. The van der Waals surface area contributed by atoms with Gasteiger partial charge in [0.25, 0.3) is 0 Å². The van der Waals surface area contributed by atoms with Gasteiger partial charge >= 0.3 is 0 Å². The molecule has 2 aromatic heterocycles. The molecule has 0 atom stereocenters. The van der Waals surface area contributed by atoms with Crippen LogP contribution in [-0.4, -0.2) is 32.8 Å². The SMILES string of the molecule is CSc1cc(C=NC(=N)c2ccccn2)cc(-n2ccnc2)c1. The van der Waals surface area contributed by atoms with Crippen LogP contribution in [0.3, 0.4) is 0 Å². The summed E-state index contributed by atoms with van der Waals surface area (Å²) < 4.78 is 1.95. The molecule has 0 unspecified atom stereocenters. The first-order chi connectivity index (χ1) is 11.3. The zero-order valence-corrected chi connectivity index (χ0v) is 13.4. The maximum absolute atomic E-state index is 7.99. The van der Waals surface area contributed by atoms with Gasteiger partial charge in [0.15, 0.2) is 5.84 Å². The lowest BCUT2D eigenvalue weighted by Gasteiger charge is -2.06. The number of benzene rings is 1. The van der Waals surface area contributed by atoms with Crippen LogP contribution in [0.4, 0.5) is 0 Å².